The molecule has 1 atom stereocenters. The third kappa shape index (κ3) is 2.41. The Labute approximate surface area is 106 Å². The van der Waals surface area contributed by atoms with Crippen molar-refractivity contribution in [2.75, 3.05) is 19.8 Å². The number of fused-ring (bicyclic) bond motifs is 1. The van der Waals surface area contributed by atoms with E-state index in [1.807, 2.05) is 13.0 Å². The fourth-order valence-electron chi connectivity index (χ4n) is 2.06. The van der Waals surface area contributed by atoms with E-state index in [9.17, 15) is 4.79 Å². The number of aryl methyl sites for hydroxylation is 1. The van der Waals surface area contributed by atoms with Crippen LogP contribution < -0.4 is 15.2 Å². The molecule has 0 aromatic heterocycles. The Bertz CT molecular complexity index is 459. The maximum atomic E-state index is 11.2. The molecule has 1 heterocycles. The average Bonchev–Trinajstić information content (AvgIpc) is 2.54. The lowest BCUT2D eigenvalue weighted by atomic mass is 9.94. The summed E-state index contributed by atoms with van der Waals surface area (Å²) < 4.78 is 11.1. The van der Waals surface area contributed by atoms with E-state index in [-0.39, 0.29) is 6.54 Å². The summed E-state index contributed by atoms with van der Waals surface area (Å²) >= 11 is 0. The molecule has 0 saturated heterocycles. The molecule has 0 saturated carbocycles. The highest BCUT2D eigenvalue weighted by Gasteiger charge is 2.23. The minimum Gasteiger partial charge on any atom is -0.490 e. The van der Waals surface area contributed by atoms with Gasteiger partial charge in [-0.25, -0.2) is 0 Å². The zero-order valence-electron chi connectivity index (χ0n) is 10.3. The van der Waals surface area contributed by atoms with Gasteiger partial charge in [0.1, 0.15) is 0 Å². The van der Waals surface area contributed by atoms with Crippen LogP contribution in [0.4, 0.5) is 0 Å². The van der Waals surface area contributed by atoms with E-state index in [2.05, 4.69) is 0 Å². The molecular formula is C13H17NO4. The van der Waals surface area contributed by atoms with Crippen LogP contribution >= 0.6 is 0 Å². The number of hydrogen-bond acceptors (Lipinski definition) is 4. The van der Waals surface area contributed by atoms with Gasteiger partial charge in [0.2, 0.25) is 0 Å². The Balaban J connectivity index is 2.43. The topological polar surface area (TPSA) is 81.8 Å². The first kappa shape index (κ1) is 12.7. The van der Waals surface area contributed by atoms with Crippen molar-refractivity contribution in [3.63, 3.8) is 0 Å². The van der Waals surface area contributed by atoms with Crippen LogP contribution in [0.1, 0.15) is 23.5 Å². The molecule has 0 fully saturated rings. The number of carboxylic acid groups (broad SMARTS) is 1. The Morgan fingerprint density at radius 1 is 1.39 bits per heavy atom. The number of carboxylic acids is 1. The summed E-state index contributed by atoms with van der Waals surface area (Å²) in [7, 11) is 0. The van der Waals surface area contributed by atoms with Gasteiger partial charge in [-0.2, -0.15) is 0 Å². The van der Waals surface area contributed by atoms with Crippen LogP contribution in [-0.4, -0.2) is 30.8 Å². The first-order valence-electron chi connectivity index (χ1n) is 5.96. The molecule has 3 N–H and O–H groups in total. The van der Waals surface area contributed by atoms with Crippen LogP contribution in [0.2, 0.25) is 0 Å². The van der Waals surface area contributed by atoms with Crippen LogP contribution in [-0.2, 0) is 4.79 Å². The average molecular weight is 251 g/mol. The Kier molecular flexibility index (Phi) is 3.72. The third-order valence-electron chi connectivity index (χ3n) is 3.05. The molecule has 1 aliphatic heterocycles. The highest BCUT2D eigenvalue weighted by atomic mass is 16.5. The van der Waals surface area contributed by atoms with E-state index in [1.165, 1.54) is 0 Å². The van der Waals surface area contributed by atoms with Crippen molar-refractivity contribution in [2.45, 2.75) is 19.3 Å². The molecule has 1 aromatic rings. The molecule has 0 amide bonds. The number of hydrogen-bond donors (Lipinski definition) is 2. The fourth-order valence-corrected chi connectivity index (χ4v) is 2.06. The normalized spacial score (nSPS) is 15.9. The van der Waals surface area contributed by atoms with Crippen LogP contribution in [0.5, 0.6) is 11.5 Å². The predicted octanol–water partition coefficient (Wildman–Crippen LogP) is 1.28. The Hall–Kier alpha value is -1.75. The zero-order chi connectivity index (χ0) is 13.1. The van der Waals surface area contributed by atoms with Gasteiger partial charge in [-0.05, 0) is 30.2 Å². The van der Waals surface area contributed by atoms with Gasteiger partial charge < -0.3 is 20.3 Å². The minimum atomic E-state index is -0.921. The van der Waals surface area contributed by atoms with Gasteiger partial charge in [-0.3, -0.25) is 4.79 Å². The molecular weight excluding hydrogens is 234 g/mol. The molecule has 1 unspecified atom stereocenters. The van der Waals surface area contributed by atoms with Gasteiger partial charge in [0.15, 0.2) is 11.5 Å². The summed E-state index contributed by atoms with van der Waals surface area (Å²) in [5.41, 5.74) is 7.08. The van der Waals surface area contributed by atoms with E-state index < -0.39 is 11.9 Å². The van der Waals surface area contributed by atoms with E-state index >= 15 is 0 Å². The fraction of sp³-hybridized carbons (Fsp3) is 0.462. The quantitative estimate of drug-likeness (QED) is 0.845. The summed E-state index contributed by atoms with van der Waals surface area (Å²) in [6.45, 7) is 3.12. The van der Waals surface area contributed by atoms with Gasteiger partial charge >= 0.3 is 5.97 Å². The maximum absolute atomic E-state index is 11.2. The molecule has 5 heteroatoms. The van der Waals surface area contributed by atoms with E-state index in [0.29, 0.717) is 30.3 Å². The molecule has 0 radical (unpaired) electrons. The molecule has 98 valence electrons. The first-order chi connectivity index (χ1) is 8.63. The third-order valence-corrected chi connectivity index (χ3v) is 3.05. The number of nitrogens with two attached hydrogens (primary N) is 1. The van der Waals surface area contributed by atoms with Crippen LogP contribution in [0, 0.1) is 6.92 Å². The van der Waals surface area contributed by atoms with Crippen LogP contribution in [0.15, 0.2) is 12.1 Å². The van der Waals surface area contributed by atoms with Gasteiger partial charge in [-0.15, -0.1) is 0 Å². The maximum Gasteiger partial charge on any atom is 0.312 e. The van der Waals surface area contributed by atoms with Gasteiger partial charge in [-0.1, -0.05) is 0 Å². The lowest BCUT2D eigenvalue weighted by Crippen LogP contribution is -2.22. The first-order valence-corrected chi connectivity index (χ1v) is 5.96. The highest BCUT2D eigenvalue weighted by molar-refractivity contribution is 5.77. The predicted molar refractivity (Wildman–Crippen MR) is 66.2 cm³/mol. The van der Waals surface area contributed by atoms with Crippen LogP contribution in [0.25, 0.3) is 0 Å². The smallest absolute Gasteiger partial charge is 0.312 e. The SMILES string of the molecule is Cc1cc2c(cc1C(CN)C(=O)O)OCCCO2. The molecule has 0 aliphatic carbocycles. The van der Waals surface area contributed by atoms with Crippen molar-refractivity contribution in [1.82, 2.24) is 0 Å². The second-order valence-corrected chi connectivity index (χ2v) is 4.33. The summed E-state index contributed by atoms with van der Waals surface area (Å²) in [6, 6.07) is 3.56. The summed E-state index contributed by atoms with van der Waals surface area (Å²) in [5.74, 6) is -0.347. The van der Waals surface area contributed by atoms with E-state index in [1.54, 1.807) is 6.07 Å². The number of benzene rings is 1. The number of ether oxygens (including phenoxy) is 2. The monoisotopic (exact) mass is 251 g/mol. The van der Waals surface area contributed by atoms with E-state index in [0.717, 1.165) is 12.0 Å². The van der Waals surface area contributed by atoms with Crippen molar-refractivity contribution in [1.29, 1.82) is 0 Å². The summed E-state index contributed by atoms with van der Waals surface area (Å²) in [6.07, 6.45) is 0.822. The molecule has 5 nitrogen and oxygen atoms in total. The molecule has 0 bridgehead atoms. The number of carbonyl (C=O) groups is 1. The summed E-state index contributed by atoms with van der Waals surface area (Å²) in [5, 5.41) is 9.16. The molecule has 0 spiro atoms. The lowest BCUT2D eigenvalue weighted by molar-refractivity contribution is -0.138. The van der Waals surface area contributed by atoms with Gasteiger partial charge in [0, 0.05) is 13.0 Å². The summed E-state index contributed by atoms with van der Waals surface area (Å²) in [4.78, 5) is 11.2. The highest BCUT2D eigenvalue weighted by Crippen LogP contribution is 2.35. The van der Waals surface area contributed by atoms with Crippen molar-refractivity contribution < 1.29 is 19.4 Å². The standard InChI is InChI=1S/C13H17NO4/c1-8-5-11-12(18-4-2-3-17-11)6-9(8)10(7-14)13(15)16/h5-6,10H,2-4,7,14H2,1H3,(H,15,16). The largest absolute Gasteiger partial charge is 0.490 e. The minimum absolute atomic E-state index is 0.0653. The van der Waals surface area contributed by atoms with Crippen molar-refractivity contribution in [2.24, 2.45) is 5.73 Å². The number of aliphatic carboxylic acids is 1. The second kappa shape index (κ2) is 5.27. The molecule has 2 rings (SSSR count). The molecule has 18 heavy (non-hydrogen) atoms. The molecule has 1 aliphatic rings. The Morgan fingerprint density at radius 3 is 2.56 bits per heavy atom. The Morgan fingerprint density at radius 2 is 2.00 bits per heavy atom. The zero-order valence-corrected chi connectivity index (χ0v) is 10.3. The van der Waals surface area contributed by atoms with Gasteiger partial charge in [0.05, 0.1) is 19.1 Å². The van der Waals surface area contributed by atoms with Gasteiger partial charge in [0.25, 0.3) is 0 Å². The number of rotatable bonds is 3. The van der Waals surface area contributed by atoms with Crippen molar-refractivity contribution in [3.8, 4) is 11.5 Å². The van der Waals surface area contributed by atoms with Crippen LogP contribution in [0.3, 0.4) is 0 Å². The molecule has 1 aromatic carbocycles. The van der Waals surface area contributed by atoms with Crippen molar-refractivity contribution in [3.05, 3.63) is 23.3 Å². The second-order valence-electron chi connectivity index (χ2n) is 4.33. The van der Waals surface area contributed by atoms with Crippen molar-refractivity contribution >= 4 is 5.97 Å². The lowest BCUT2D eigenvalue weighted by Gasteiger charge is -2.16. The van der Waals surface area contributed by atoms with E-state index in [4.69, 9.17) is 20.3 Å².